The summed E-state index contributed by atoms with van der Waals surface area (Å²) in [5, 5.41) is 14.3. The first-order valence-electron chi connectivity index (χ1n) is 10.7. The summed E-state index contributed by atoms with van der Waals surface area (Å²) < 4.78 is 5.50. The van der Waals surface area contributed by atoms with Gasteiger partial charge in [-0.15, -0.1) is 6.58 Å². The molecule has 1 aliphatic carbocycles. The summed E-state index contributed by atoms with van der Waals surface area (Å²) in [5.41, 5.74) is 4.45. The molecular weight excluding hydrogens is 408 g/mol. The van der Waals surface area contributed by atoms with Crippen LogP contribution in [0.15, 0.2) is 61.2 Å². The van der Waals surface area contributed by atoms with Gasteiger partial charge in [-0.1, -0.05) is 68.0 Å². The summed E-state index contributed by atoms with van der Waals surface area (Å²) in [6.45, 7) is 5.52. The average molecular weight is 437 g/mol. The molecule has 32 heavy (non-hydrogen) atoms. The molecule has 0 saturated carbocycles. The maximum Gasteiger partial charge on any atom is 0.407 e. The quantitative estimate of drug-likeness (QED) is 0.491. The van der Waals surface area contributed by atoms with Crippen molar-refractivity contribution in [2.45, 2.75) is 44.2 Å². The van der Waals surface area contributed by atoms with Gasteiger partial charge in [0.25, 0.3) is 0 Å². The van der Waals surface area contributed by atoms with Crippen molar-refractivity contribution < 1.29 is 24.2 Å². The standard InChI is InChI=1S/C25H28N2O5/c1-3-9-21(23(28)26-22(10-4-2)24(29)30)27-25(31)32-15-20-18-13-7-5-11-16(18)17-12-6-8-14-19(17)20/h4-8,11-14,20-22H,2-3,9-10,15H2,1H3,(H,26,28)(H,27,31)(H,29,30)/t21-,22?/m0/s1. The highest BCUT2D eigenvalue weighted by molar-refractivity contribution is 5.89. The topological polar surface area (TPSA) is 105 Å². The van der Waals surface area contributed by atoms with Crippen molar-refractivity contribution in [1.82, 2.24) is 10.6 Å². The zero-order valence-electron chi connectivity index (χ0n) is 18.0. The number of nitrogens with one attached hydrogen (secondary N) is 2. The second-order valence-corrected chi connectivity index (χ2v) is 7.73. The summed E-state index contributed by atoms with van der Waals surface area (Å²) in [4.78, 5) is 36.4. The molecule has 2 amide bonds. The van der Waals surface area contributed by atoms with Crippen LogP contribution in [-0.2, 0) is 14.3 Å². The number of carboxylic acids is 1. The number of alkyl carbamates (subject to hydrolysis) is 1. The Balaban J connectivity index is 1.64. The smallest absolute Gasteiger partial charge is 0.407 e. The van der Waals surface area contributed by atoms with Crippen LogP contribution < -0.4 is 10.6 Å². The van der Waals surface area contributed by atoms with E-state index in [-0.39, 0.29) is 18.9 Å². The molecule has 0 saturated heterocycles. The van der Waals surface area contributed by atoms with E-state index in [1.165, 1.54) is 6.08 Å². The van der Waals surface area contributed by atoms with Crippen LogP contribution in [0, 0.1) is 0 Å². The summed E-state index contributed by atoms with van der Waals surface area (Å²) in [6, 6.07) is 14.1. The number of hydrogen-bond acceptors (Lipinski definition) is 4. The van der Waals surface area contributed by atoms with Crippen LogP contribution >= 0.6 is 0 Å². The van der Waals surface area contributed by atoms with Crippen LogP contribution in [0.1, 0.15) is 43.2 Å². The number of amides is 2. The molecule has 7 nitrogen and oxygen atoms in total. The minimum atomic E-state index is -1.16. The fourth-order valence-corrected chi connectivity index (χ4v) is 4.00. The van der Waals surface area contributed by atoms with Gasteiger partial charge in [-0.3, -0.25) is 4.79 Å². The lowest BCUT2D eigenvalue weighted by Crippen LogP contribution is -2.51. The first-order valence-corrected chi connectivity index (χ1v) is 10.7. The van der Waals surface area contributed by atoms with Gasteiger partial charge in [0.05, 0.1) is 0 Å². The minimum Gasteiger partial charge on any atom is -0.480 e. The molecule has 2 atom stereocenters. The predicted octanol–water partition coefficient (Wildman–Crippen LogP) is 3.84. The molecule has 0 radical (unpaired) electrons. The molecular formula is C25H28N2O5. The molecule has 168 valence electrons. The highest BCUT2D eigenvalue weighted by Gasteiger charge is 2.30. The van der Waals surface area contributed by atoms with Gasteiger partial charge >= 0.3 is 12.1 Å². The maximum absolute atomic E-state index is 12.6. The molecule has 1 unspecified atom stereocenters. The molecule has 0 aliphatic heterocycles. The normalized spacial score (nSPS) is 13.9. The predicted molar refractivity (Wildman–Crippen MR) is 121 cm³/mol. The van der Waals surface area contributed by atoms with E-state index in [4.69, 9.17) is 4.74 Å². The lowest BCUT2D eigenvalue weighted by molar-refractivity contribution is -0.142. The number of ether oxygens (including phenoxy) is 1. The fourth-order valence-electron chi connectivity index (χ4n) is 4.00. The first-order chi connectivity index (χ1) is 15.5. The van der Waals surface area contributed by atoms with E-state index < -0.39 is 30.1 Å². The Morgan fingerprint density at radius 3 is 2.16 bits per heavy atom. The van der Waals surface area contributed by atoms with Crippen molar-refractivity contribution in [3.8, 4) is 11.1 Å². The van der Waals surface area contributed by atoms with Gasteiger partial charge in [-0.05, 0) is 35.1 Å². The fraction of sp³-hybridized carbons (Fsp3) is 0.320. The molecule has 0 bridgehead atoms. The van der Waals surface area contributed by atoms with E-state index in [0.717, 1.165) is 22.3 Å². The number of fused-ring (bicyclic) bond motifs is 3. The molecule has 0 aromatic heterocycles. The van der Waals surface area contributed by atoms with Gasteiger partial charge in [0.2, 0.25) is 5.91 Å². The molecule has 3 rings (SSSR count). The monoisotopic (exact) mass is 436 g/mol. The number of benzene rings is 2. The van der Waals surface area contributed by atoms with Crippen LogP contribution in [-0.4, -0.2) is 41.8 Å². The number of hydrogen-bond donors (Lipinski definition) is 3. The third-order valence-electron chi connectivity index (χ3n) is 5.55. The largest absolute Gasteiger partial charge is 0.480 e. The van der Waals surface area contributed by atoms with Crippen molar-refractivity contribution >= 4 is 18.0 Å². The number of carboxylic acid groups (broad SMARTS) is 1. The summed E-state index contributed by atoms with van der Waals surface area (Å²) in [7, 11) is 0. The van der Waals surface area contributed by atoms with E-state index in [0.29, 0.717) is 12.8 Å². The second kappa shape index (κ2) is 10.6. The number of aliphatic carboxylic acids is 1. The van der Waals surface area contributed by atoms with Gasteiger partial charge in [0, 0.05) is 5.92 Å². The highest BCUT2D eigenvalue weighted by atomic mass is 16.5. The lowest BCUT2D eigenvalue weighted by Gasteiger charge is -2.21. The SMILES string of the molecule is C=CCC(NC(=O)[C@H](CCC)NC(=O)OCC1c2ccccc2-c2ccccc21)C(=O)O. The van der Waals surface area contributed by atoms with Crippen LogP contribution in [0.3, 0.4) is 0 Å². The van der Waals surface area contributed by atoms with E-state index in [1.54, 1.807) is 0 Å². The highest BCUT2D eigenvalue weighted by Crippen LogP contribution is 2.44. The van der Waals surface area contributed by atoms with E-state index in [1.807, 2.05) is 43.3 Å². The van der Waals surface area contributed by atoms with E-state index in [2.05, 4.69) is 29.3 Å². The van der Waals surface area contributed by atoms with Gasteiger partial charge in [-0.2, -0.15) is 0 Å². The average Bonchev–Trinajstić information content (AvgIpc) is 3.10. The zero-order chi connectivity index (χ0) is 23.1. The summed E-state index contributed by atoms with van der Waals surface area (Å²) in [6.07, 6.45) is 1.78. The van der Waals surface area contributed by atoms with Crippen molar-refractivity contribution in [2.75, 3.05) is 6.61 Å². The van der Waals surface area contributed by atoms with E-state index >= 15 is 0 Å². The Hall–Kier alpha value is -3.61. The number of rotatable bonds is 10. The molecule has 3 N–H and O–H groups in total. The number of carbonyl (C=O) groups is 3. The molecule has 1 aliphatic rings. The number of carbonyl (C=O) groups excluding carboxylic acids is 2. The van der Waals surface area contributed by atoms with Gasteiger partial charge in [0.1, 0.15) is 18.7 Å². The third kappa shape index (κ3) is 5.17. The van der Waals surface area contributed by atoms with Crippen molar-refractivity contribution in [1.29, 1.82) is 0 Å². The van der Waals surface area contributed by atoms with Crippen molar-refractivity contribution in [3.63, 3.8) is 0 Å². The Bertz CT molecular complexity index is 958. The second-order valence-electron chi connectivity index (χ2n) is 7.73. The lowest BCUT2D eigenvalue weighted by atomic mass is 9.98. The summed E-state index contributed by atoms with van der Waals surface area (Å²) >= 11 is 0. The van der Waals surface area contributed by atoms with Crippen LogP contribution in [0.2, 0.25) is 0 Å². The third-order valence-corrected chi connectivity index (χ3v) is 5.55. The maximum atomic E-state index is 12.6. The van der Waals surface area contributed by atoms with Crippen LogP contribution in [0.5, 0.6) is 0 Å². The first kappa shape index (κ1) is 23.1. The Labute approximate surface area is 187 Å². The Kier molecular flexibility index (Phi) is 7.65. The molecule has 2 aromatic rings. The van der Waals surface area contributed by atoms with Crippen molar-refractivity contribution in [3.05, 3.63) is 72.3 Å². The van der Waals surface area contributed by atoms with Crippen molar-refractivity contribution in [2.24, 2.45) is 0 Å². The molecule has 0 heterocycles. The van der Waals surface area contributed by atoms with Crippen LogP contribution in [0.4, 0.5) is 4.79 Å². The molecule has 0 fully saturated rings. The Morgan fingerprint density at radius 2 is 1.62 bits per heavy atom. The van der Waals surface area contributed by atoms with Gasteiger partial charge in [0.15, 0.2) is 0 Å². The van der Waals surface area contributed by atoms with Gasteiger partial charge in [-0.25, -0.2) is 9.59 Å². The minimum absolute atomic E-state index is 0.0874. The van der Waals surface area contributed by atoms with E-state index in [9.17, 15) is 19.5 Å². The van der Waals surface area contributed by atoms with Crippen LogP contribution in [0.25, 0.3) is 11.1 Å². The Morgan fingerprint density at radius 1 is 1.03 bits per heavy atom. The molecule has 7 heteroatoms. The molecule has 2 aromatic carbocycles. The van der Waals surface area contributed by atoms with Gasteiger partial charge < -0.3 is 20.5 Å². The zero-order valence-corrected chi connectivity index (χ0v) is 18.0. The summed E-state index contributed by atoms with van der Waals surface area (Å²) in [5.74, 6) is -1.81. The molecule has 0 spiro atoms.